The molecule has 0 N–H and O–H groups in total. The summed E-state index contributed by atoms with van der Waals surface area (Å²) in [6.07, 6.45) is 2.56. The van der Waals surface area contributed by atoms with Gasteiger partial charge >= 0.3 is 5.97 Å². The van der Waals surface area contributed by atoms with Gasteiger partial charge < -0.3 is 9.64 Å². The Morgan fingerprint density at radius 3 is 2.64 bits per heavy atom. The molecule has 0 bridgehead atoms. The molecule has 1 unspecified atom stereocenters. The van der Waals surface area contributed by atoms with Crippen molar-refractivity contribution in [1.82, 2.24) is 4.90 Å². The Bertz CT molecular complexity index is 281. The molecule has 1 aliphatic rings. The van der Waals surface area contributed by atoms with Crippen molar-refractivity contribution >= 4 is 11.8 Å². The monoisotopic (exact) mass is 197 g/mol. The summed E-state index contributed by atoms with van der Waals surface area (Å²) in [5.74, 6) is -0.520. The van der Waals surface area contributed by atoms with Crippen LogP contribution in [0, 0.1) is 5.92 Å². The molecule has 1 aliphatic carbocycles. The minimum atomic E-state index is -0.291. The first-order valence-electron chi connectivity index (χ1n) is 4.52. The number of Topliss-reactive ketones (excluding diaryl/α,β-unsaturated/α-hetero) is 1. The van der Waals surface area contributed by atoms with Gasteiger partial charge in [-0.15, -0.1) is 0 Å². The SMILES string of the molecule is COC(=O)C1CC(=O)C(=CN(C)C)C1. The Morgan fingerprint density at radius 1 is 1.50 bits per heavy atom. The Kier molecular flexibility index (Phi) is 3.28. The second-order valence-corrected chi connectivity index (χ2v) is 3.67. The summed E-state index contributed by atoms with van der Waals surface area (Å²) in [6.45, 7) is 0. The Labute approximate surface area is 83.5 Å². The fraction of sp³-hybridized carbons (Fsp3) is 0.600. The van der Waals surface area contributed by atoms with Crippen LogP contribution in [0.4, 0.5) is 0 Å². The topological polar surface area (TPSA) is 46.6 Å². The predicted molar refractivity (Wildman–Crippen MR) is 51.5 cm³/mol. The average Bonchev–Trinajstić information content (AvgIpc) is 2.46. The fourth-order valence-electron chi connectivity index (χ4n) is 1.58. The van der Waals surface area contributed by atoms with Gasteiger partial charge in [0.2, 0.25) is 0 Å². The van der Waals surface area contributed by atoms with Gasteiger partial charge in [-0.3, -0.25) is 9.59 Å². The summed E-state index contributed by atoms with van der Waals surface area (Å²) in [4.78, 5) is 24.4. The molecule has 4 nitrogen and oxygen atoms in total. The van der Waals surface area contributed by atoms with Crippen LogP contribution in [0.25, 0.3) is 0 Å². The highest BCUT2D eigenvalue weighted by atomic mass is 16.5. The third kappa shape index (κ3) is 2.34. The molecular formula is C10H15NO3. The second kappa shape index (κ2) is 4.26. The lowest BCUT2D eigenvalue weighted by molar-refractivity contribution is -0.145. The van der Waals surface area contributed by atoms with E-state index in [1.807, 2.05) is 19.0 Å². The van der Waals surface area contributed by atoms with Crippen LogP contribution in [-0.2, 0) is 14.3 Å². The van der Waals surface area contributed by atoms with Gasteiger partial charge in [0.05, 0.1) is 13.0 Å². The van der Waals surface area contributed by atoms with Crippen molar-refractivity contribution < 1.29 is 14.3 Å². The summed E-state index contributed by atoms with van der Waals surface area (Å²) >= 11 is 0. The summed E-state index contributed by atoms with van der Waals surface area (Å²) in [7, 11) is 5.05. The molecule has 4 heteroatoms. The zero-order valence-electron chi connectivity index (χ0n) is 8.74. The Balaban J connectivity index is 2.69. The molecule has 1 fully saturated rings. The number of allylic oxidation sites excluding steroid dienone is 1. The zero-order valence-corrected chi connectivity index (χ0v) is 8.74. The molecule has 0 spiro atoms. The van der Waals surface area contributed by atoms with Crippen LogP contribution in [0.3, 0.4) is 0 Å². The van der Waals surface area contributed by atoms with Crippen LogP contribution in [0.2, 0.25) is 0 Å². The fourth-order valence-corrected chi connectivity index (χ4v) is 1.58. The van der Waals surface area contributed by atoms with Crippen molar-refractivity contribution in [3.05, 3.63) is 11.8 Å². The smallest absolute Gasteiger partial charge is 0.309 e. The van der Waals surface area contributed by atoms with E-state index < -0.39 is 0 Å². The lowest BCUT2D eigenvalue weighted by atomic mass is 10.1. The van der Waals surface area contributed by atoms with Crippen LogP contribution >= 0.6 is 0 Å². The standard InChI is InChI=1S/C10H15NO3/c1-11(2)6-8-4-7(5-9(8)12)10(13)14-3/h6-7H,4-5H2,1-3H3. The molecule has 1 saturated carbocycles. The summed E-state index contributed by atoms with van der Waals surface area (Å²) in [5.41, 5.74) is 0.713. The largest absolute Gasteiger partial charge is 0.469 e. The molecule has 0 saturated heterocycles. The third-order valence-electron chi connectivity index (χ3n) is 2.20. The van der Waals surface area contributed by atoms with E-state index in [1.54, 1.807) is 6.20 Å². The normalized spacial score (nSPS) is 24.1. The Hall–Kier alpha value is -1.32. The van der Waals surface area contributed by atoms with Gasteiger partial charge in [-0.2, -0.15) is 0 Å². The predicted octanol–water partition coefficient (Wildman–Crippen LogP) is 0.584. The Morgan fingerprint density at radius 2 is 2.14 bits per heavy atom. The molecule has 0 aromatic rings. The summed E-state index contributed by atoms with van der Waals surface area (Å²) in [5, 5.41) is 0. The molecule has 0 aliphatic heterocycles. The number of hydrogen-bond acceptors (Lipinski definition) is 4. The number of hydrogen-bond donors (Lipinski definition) is 0. The molecular weight excluding hydrogens is 182 g/mol. The van der Waals surface area contributed by atoms with Crippen LogP contribution in [0.1, 0.15) is 12.8 Å². The van der Waals surface area contributed by atoms with Crippen molar-refractivity contribution in [2.75, 3.05) is 21.2 Å². The molecule has 0 amide bonds. The highest BCUT2D eigenvalue weighted by Crippen LogP contribution is 2.28. The molecule has 78 valence electrons. The van der Waals surface area contributed by atoms with Gasteiger partial charge in [-0.25, -0.2) is 0 Å². The summed E-state index contributed by atoms with van der Waals surface area (Å²) < 4.78 is 4.60. The van der Waals surface area contributed by atoms with E-state index >= 15 is 0 Å². The number of carbonyl (C=O) groups is 2. The van der Waals surface area contributed by atoms with E-state index in [2.05, 4.69) is 4.74 Å². The third-order valence-corrected chi connectivity index (χ3v) is 2.20. The van der Waals surface area contributed by atoms with E-state index in [0.29, 0.717) is 12.0 Å². The van der Waals surface area contributed by atoms with Crippen LogP contribution < -0.4 is 0 Å². The van der Waals surface area contributed by atoms with Gasteiger partial charge in [-0.1, -0.05) is 0 Å². The second-order valence-electron chi connectivity index (χ2n) is 3.67. The number of esters is 1. The van der Waals surface area contributed by atoms with Crippen molar-refractivity contribution in [3.63, 3.8) is 0 Å². The van der Waals surface area contributed by atoms with Crippen molar-refractivity contribution in [1.29, 1.82) is 0 Å². The maximum Gasteiger partial charge on any atom is 0.309 e. The van der Waals surface area contributed by atoms with E-state index in [9.17, 15) is 9.59 Å². The highest BCUT2D eigenvalue weighted by Gasteiger charge is 2.33. The first-order valence-corrected chi connectivity index (χ1v) is 4.52. The van der Waals surface area contributed by atoms with Gasteiger partial charge in [0.15, 0.2) is 5.78 Å². The maximum absolute atomic E-state index is 11.4. The van der Waals surface area contributed by atoms with Crippen LogP contribution in [-0.4, -0.2) is 37.9 Å². The number of methoxy groups -OCH3 is 1. The first kappa shape index (κ1) is 10.8. The minimum Gasteiger partial charge on any atom is -0.469 e. The van der Waals surface area contributed by atoms with Gasteiger partial charge in [0.25, 0.3) is 0 Å². The number of ketones is 1. The molecule has 1 atom stereocenters. The van der Waals surface area contributed by atoms with E-state index in [0.717, 1.165) is 0 Å². The van der Waals surface area contributed by atoms with Crippen LogP contribution in [0.5, 0.6) is 0 Å². The molecule has 0 aromatic heterocycles. The van der Waals surface area contributed by atoms with Gasteiger partial charge in [-0.05, 0) is 6.42 Å². The zero-order chi connectivity index (χ0) is 10.7. The van der Waals surface area contributed by atoms with Crippen molar-refractivity contribution in [2.24, 2.45) is 5.92 Å². The van der Waals surface area contributed by atoms with Crippen molar-refractivity contribution in [3.8, 4) is 0 Å². The average molecular weight is 197 g/mol. The molecule has 0 radical (unpaired) electrons. The van der Waals surface area contributed by atoms with Crippen molar-refractivity contribution in [2.45, 2.75) is 12.8 Å². The molecule has 0 heterocycles. The molecule has 1 rings (SSSR count). The van der Waals surface area contributed by atoms with E-state index in [-0.39, 0.29) is 24.1 Å². The summed E-state index contributed by atoms with van der Waals surface area (Å²) in [6, 6.07) is 0. The first-order chi connectivity index (χ1) is 6.54. The lowest BCUT2D eigenvalue weighted by Gasteiger charge is -2.06. The number of ether oxygens (including phenoxy) is 1. The molecule has 0 aromatic carbocycles. The number of rotatable bonds is 2. The van der Waals surface area contributed by atoms with Crippen LogP contribution in [0.15, 0.2) is 11.8 Å². The van der Waals surface area contributed by atoms with E-state index in [4.69, 9.17) is 0 Å². The van der Waals surface area contributed by atoms with E-state index in [1.165, 1.54) is 7.11 Å². The van der Waals surface area contributed by atoms with Gasteiger partial charge in [0.1, 0.15) is 0 Å². The molecule has 14 heavy (non-hydrogen) atoms. The maximum atomic E-state index is 11.4. The highest BCUT2D eigenvalue weighted by molar-refractivity contribution is 6.01. The minimum absolute atomic E-state index is 0.0501. The number of nitrogens with zero attached hydrogens (tertiary/aromatic N) is 1. The quantitative estimate of drug-likeness (QED) is 0.480. The van der Waals surface area contributed by atoms with Gasteiger partial charge in [0, 0.05) is 32.3 Å². The lowest BCUT2D eigenvalue weighted by Crippen LogP contribution is -2.12. The number of carbonyl (C=O) groups excluding carboxylic acids is 2.